The third kappa shape index (κ3) is 3.12. The molecule has 1 saturated heterocycles. The number of ether oxygens (including phenoxy) is 4. The number of hydrogen-bond acceptors (Lipinski definition) is 11. The van der Waals surface area contributed by atoms with Gasteiger partial charge in [0.2, 0.25) is 6.29 Å². The van der Waals surface area contributed by atoms with Gasteiger partial charge in [0, 0.05) is 6.42 Å². The van der Waals surface area contributed by atoms with Gasteiger partial charge in [-0.15, -0.1) is 0 Å². The van der Waals surface area contributed by atoms with Crippen molar-refractivity contribution in [3.05, 3.63) is 11.8 Å². The van der Waals surface area contributed by atoms with E-state index < -0.39 is 72.8 Å². The molecule has 0 bridgehead atoms. The monoisotopic (exact) mass is 404 g/mol. The van der Waals surface area contributed by atoms with Gasteiger partial charge in [-0.3, -0.25) is 4.79 Å². The molecule has 0 aromatic rings. The van der Waals surface area contributed by atoms with Gasteiger partial charge >= 0.3 is 5.97 Å². The number of rotatable bonds is 4. The van der Waals surface area contributed by atoms with Crippen LogP contribution in [-0.4, -0.2) is 93.6 Å². The zero-order valence-corrected chi connectivity index (χ0v) is 15.3. The Morgan fingerprint density at radius 2 is 1.93 bits per heavy atom. The van der Waals surface area contributed by atoms with Crippen LogP contribution < -0.4 is 0 Å². The number of aliphatic hydroxyl groups is 5. The Hall–Kier alpha value is -1.60. The molecule has 9 atom stereocenters. The summed E-state index contributed by atoms with van der Waals surface area (Å²) in [5.74, 6) is -3.01. The van der Waals surface area contributed by atoms with E-state index in [1.54, 1.807) is 6.92 Å². The van der Waals surface area contributed by atoms with Crippen LogP contribution >= 0.6 is 0 Å². The van der Waals surface area contributed by atoms with Crippen molar-refractivity contribution >= 4 is 11.8 Å². The molecule has 1 saturated carbocycles. The summed E-state index contributed by atoms with van der Waals surface area (Å²) in [6.07, 6.45) is -8.14. The van der Waals surface area contributed by atoms with Crippen LogP contribution in [0.5, 0.6) is 0 Å². The molecular weight excluding hydrogens is 380 g/mol. The molecule has 2 heterocycles. The average molecular weight is 404 g/mol. The Bertz CT molecular complexity index is 661. The maximum atomic E-state index is 12.5. The van der Waals surface area contributed by atoms with Gasteiger partial charge in [-0.25, -0.2) is 4.79 Å². The number of hydrogen-bond donors (Lipinski definition) is 5. The maximum absolute atomic E-state index is 12.5. The molecule has 1 aliphatic carbocycles. The second kappa shape index (κ2) is 7.67. The predicted octanol–water partition coefficient (Wildman–Crippen LogP) is -2.83. The molecule has 0 radical (unpaired) electrons. The summed E-state index contributed by atoms with van der Waals surface area (Å²) in [6, 6.07) is 0. The third-order valence-corrected chi connectivity index (χ3v) is 5.57. The molecule has 28 heavy (non-hydrogen) atoms. The van der Waals surface area contributed by atoms with Crippen LogP contribution in [-0.2, 0) is 28.5 Å². The number of methoxy groups -OCH3 is 1. The molecule has 2 fully saturated rings. The van der Waals surface area contributed by atoms with E-state index in [4.69, 9.17) is 14.2 Å². The van der Waals surface area contributed by atoms with Gasteiger partial charge in [0.1, 0.15) is 36.3 Å². The quantitative estimate of drug-likeness (QED) is 0.306. The lowest BCUT2D eigenvalue weighted by atomic mass is 9.79. The normalized spacial score (nSPS) is 45.8. The smallest absolute Gasteiger partial charge is 0.340 e. The molecule has 158 valence electrons. The topological polar surface area (TPSA) is 172 Å². The largest absolute Gasteiger partial charge is 0.471 e. The zero-order valence-electron chi connectivity index (χ0n) is 15.3. The molecule has 11 nitrogen and oxygen atoms in total. The number of carbonyl (C=O) groups excluding carboxylic acids is 2. The van der Waals surface area contributed by atoms with Crippen molar-refractivity contribution in [3.63, 3.8) is 0 Å². The van der Waals surface area contributed by atoms with E-state index in [0.29, 0.717) is 0 Å². The number of carbonyl (C=O) groups is 2. The highest BCUT2D eigenvalue weighted by molar-refractivity contribution is 6.04. The highest BCUT2D eigenvalue weighted by atomic mass is 16.8. The number of aliphatic hydroxyl groups excluding tert-OH is 4. The third-order valence-electron chi connectivity index (χ3n) is 5.57. The van der Waals surface area contributed by atoms with Gasteiger partial charge in [0.15, 0.2) is 17.7 Å². The maximum Gasteiger partial charge on any atom is 0.340 e. The second-order valence-electron chi connectivity index (χ2n) is 7.26. The minimum Gasteiger partial charge on any atom is -0.471 e. The van der Waals surface area contributed by atoms with Crippen LogP contribution in [0.15, 0.2) is 11.8 Å². The van der Waals surface area contributed by atoms with Crippen LogP contribution in [0.2, 0.25) is 0 Å². The molecular formula is C17H24O11. The van der Waals surface area contributed by atoms with Gasteiger partial charge in [-0.1, -0.05) is 6.92 Å². The molecule has 5 N–H and O–H groups in total. The van der Waals surface area contributed by atoms with Crippen LogP contribution in [0.3, 0.4) is 0 Å². The minimum absolute atomic E-state index is 0.0482. The van der Waals surface area contributed by atoms with Gasteiger partial charge in [0.25, 0.3) is 0 Å². The van der Waals surface area contributed by atoms with E-state index in [-0.39, 0.29) is 12.0 Å². The van der Waals surface area contributed by atoms with Crippen molar-refractivity contribution in [2.24, 2.45) is 11.8 Å². The van der Waals surface area contributed by atoms with Crippen molar-refractivity contribution in [1.82, 2.24) is 0 Å². The van der Waals surface area contributed by atoms with E-state index in [2.05, 4.69) is 4.74 Å². The lowest BCUT2D eigenvalue weighted by Gasteiger charge is -2.44. The van der Waals surface area contributed by atoms with Crippen molar-refractivity contribution in [1.29, 1.82) is 0 Å². The highest BCUT2D eigenvalue weighted by Crippen LogP contribution is 2.48. The fourth-order valence-electron chi connectivity index (χ4n) is 4.02. The first-order valence-electron chi connectivity index (χ1n) is 8.82. The van der Waals surface area contributed by atoms with Crippen LogP contribution in [0, 0.1) is 11.8 Å². The minimum atomic E-state index is -2.20. The standard InChI is InChI=1S/C17H24O11/c1-6-3-9(19)17(24)7(14(23)25-2)5-26-15(10(6)17)28-16-13(22)12(21)11(20)8(4-18)27-16/h5-6,8,10-13,15-16,18,20-22,24H,3-4H2,1-2H3/t6-,8+,10-,11+,12-,13+,15-,16-,17+/m0/s1. The number of ketones is 1. The first kappa shape index (κ1) is 21.1. The van der Waals surface area contributed by atoms with E-state index >= 15 is 0 Å². The van der Waals surface area contributed by atoms with Crippen molar-refractivity contribution in [2.75, 3.05) is 13.7 Å². The summed E-state index contributed by atoms with van der Waals surface area (Å²) in [7, 11) is 1.10. The van der Waals surface area contributed by atoms with Crippen molar-refractivity contribution < 1.29 is 54.1 Å². The lowest BCUT2D eigenvalue weighted by Crippen LogP contribution is -2.61. The zero-order chi connectivity index (χ0) is 20.8. The van der Waals surface area contributed by atoms with E-state index in [1.807, 2.05) is 0 Å². The summed E-state index contributed by atoms with van der Waals surface area (Å²) in [4.78, 5) is 24.5. The van der Waals surface area contributed by atoms with Crippen molar-refractivity contribution in [3.8, 4) is 0 Å². The number of esters is 1. The Balaban J connectivity index is 1.88. The molecule has 0 spiro atoms. The van der Waals surface area contributed by atoms with Gasteiger partial charge in [-0.05, 0) is 5.92 Å². The van der Waals surface area contributed by atoms with Crippen LogP contribution in [0.25, 0.3) is 0 Å². The Kier molecular flexibility index (Phi) is 5.79. The first-order chi connectivity index (χ1) is 13.2. The first-order valence-corrected chi connectivity index (χ1v) is 8.82. The fourth-order valence-corrected chi connectivity index (χ4v) is 4.02. The summed E-state index contributed by atoms with van der Waals surface area (Å²) in [5, 5.41) is 50.2. The Morgan fingerprint density at radius 1 is 1.25 bits per heavy atom. The lowest BCUT2D eigenvalue weighted by molar-refractivity contribution is -0.346. The Labute approximate surface area is 160 Å². The molecule has 3 rings (SSSR count). The number of Topliss-reactive ketones (excluding diaryl/α,β-unsaturated/α-hetero) is 1. The van der Waals surface area contributed by atoms with E-state index in [9.17, 15) is 35.1 Å². The SMILES string of the molecule is COC(=O)C1=CO[C@@H](O[C@@H]2O[C@H](CO)[C@@H](O)[C@H](O)[C@H]2O)[C@@H]2[C@@H](C)CC(=O)[C@]12O. The summed E-state index contributed by atoms with van der Waals surface area (Å²) in [6.45, 7) is 1.01. The van der Waals surface area contributed by atoms with Crippen LogP contribution in [0.4, 0.5) is 0 Å². The number of fused-ring (bicyclic) bond motifs is 1. The van der Waals surface area contributed by atoms with E-state index in [0.717, 1.165) is 13.4 Å². The summed E-state index contributed by atoms with van der Waals surface area (Å²) in [5.41, 5.74) is -2.56. The predicted molar refractivity (Wildman–Crippen MR) is 87.1 cm³/mol. The fraction of sp³-hybridized carbons (Fsp3) is 0.765. The second-order valence-corrected chi connectivity index (χ2v) is 7.26. The van der Waals surface area contributed by atoms with Gasteiger partial charge in [0.05, 0.1) is 19.6 Å². The molecule has 11 heteroatoms. The van der Waals surface area contributed by atoms with Gasteiger partial charge in [-0.2, -0.15) is 0 Å². The summed E-state index contributed by atoms with van der Waals surface area (Å²) < 4.78 is 20.9. The summed E-state index contributed by atoms with van der Waals surface area (Å²) >= 11 is 0. The average Bonchev–Trinajstić information content (AvgIpc) is 2.91. The molecule has 0 aromatic heterocycles. The molecule has 0 amide bonds. The Morgan fingerprint density at radius 3 is 2.54 bits per heavy atom. The molecule has 3 aliphatic rings. The van der Waals surface area contributed by atoms with Gasteiger partial charge < -0.3 is 44.5 Å². The van der Waals surface area contributed by atoms with Crippen LogP contribution in [0.1, 0.15) is 13.3 Å². The van der Waals surface area contributed by atoms with E-state index in [1.165, 1.54) is 0 Å². The molecule has 2 aliphatic heterocycles. The van der Waals surface area contributed by atoms with Crippen molar-refractivity contribution in [2.45, 2.75) is 55.9 Å². The molecule has 0 aromatic carbocycles. The molecule has 0 unspecified atom stereocenters. The highest BCUT2D eigenvalue weighted by Gasteiger charge is 2.63.